The van der Waals surface area contributed by atoms with Gasteiger partial charge in [-0.25, -0.2) is 0 Å². The van der Waals surface area contributed by atoms with E-state index in [9.17, 15) is 4.79 Å². The lowest BCUT2D eigenvalue weighted by Gasteiger charge is -2.31. The van der Waals surface area contributed by atoms with Gasteiger partial charge in [0.05, 0.1) is 6.04 Å². The monoisotopic (exact) mass is 508 g/mol. The fraction of sp³-hybridized carbons (Fsp3) is 0.774. The number of amides is 1. The highest BCUT2D eigenvalue weighted by molar-refractivity contribution is 5.85. The summed E-state index contributed by atoms with van der Waals surface area (Å²) in [5.41, 5.74) is 8.66. The third kappa shape index (κ3) is 14.3. The first-order valence-corrected chi connectivity index (χ1v) is 14.7. The number of carbonyl (C=O) groups excluding carboxylic acids is 1. The smallest absolute Gasteiger partial charge is 0.220 e. The normalized spacial score (nSPS) is 12.3. The number of benzene rings is 1. The maximum absolute atomic E-state index is 12.5. The number of carbonyl (C=O) groups is 1. The molecule has 0 saturated carbocycles. The molecule has 0 heterocycles. The molecule has 0 saturated heterocycles. The van der Waals surface area contributed by atoms with Gasteiger partial charge in [0.2, 0.25) is 5.91 Å². The Bertz CT molecular complexity index is 645. The lowest BCUT2D eigenvalue weighted by molar-refractivity contribution is -0.121. The molecule has 0 aliphatic carbocycles. The minimum absolute atomic E-state index is 0. The zero-order valence-electron chi connectivity index (χ0n) is 23.5. The molecule has 4 heteroatoms. The van der Waals surface area contributed by atoms with Crippen molar-refractivity contribution in [1.29, 1.82) is 0 Å². The van der Waals surface area contributed by atoms with Crippen LogP contribution in [0.25, 0.3) is 0 Å². The van der Waals surface area contributed by atoms with Crippen LogP contribution in [0, 0.1) is 0 Å². The number of hydrogen-bond donors (Lipinski definition) is 2. The number of hydrogen-bond acceptors (Lipinski definition) is 2. The minimum atomic E-state index is -0.330. The van der Waals surface area contributed by atoms with Gasteiger partial charge in [-0.2, -0.15) is 0 Å². The number of unbranched alkanes of at least 4 members (excludes halogenated alkanes) is 14. The number of nitrogens with one attached hydrogen (secondary N) is 1. The van der Waals surface area contributed by atoms with Crippen LogP contribution >= 0.6 is 12.4 Å². The minimum Gasteiger partial charge on any atom is -0.350 e. The first kappa shape index (κ1) is 33.9. The highest BCUT2D eigenvalue weighted by Crippen LogP contribution is 2.31. The summed E-state index contributed by atoms with van der Waals surface area (Å²) in [5.74, 6) is 0.160. The highest BCUT2D eigenvalue weighted by atomic mass is 35.5. The van der Waals surface area contributed by atoms with E-state index in [0.717, 1.165) is 31.2 Å². The van der Waals surface area contributed by atoms with Gasteiger partial charge < -0.3 is 11.1 Å². The molecule has 0 radical (unpaired) electrons. The van der Waals surface area contributed by atoms with Gasteiger partial charge in [0.25, 0.3) is 0 Å². The Balaban J connectivity index is 0.0000116. The second-order valence-corrected chi connectivity index (χ2v) is 10.4. The summed E-state index contributed by atoms with van der Waals surface area (Å²) in [6.07, 6.45) is 22.6. The lowest BCUT2D eigenvalue weighted by Crippen LogP contribution is -2.37. The topological polar surface area (TPSA) is 55.1 Å². The van der Waals surface area contributed by atoms with Crippen molar-refractivity contribution < 1.29 is 4.79 Å². The van der Waals surface area contributed by atoms with Crippen LogP contribution in [-0.2, 0) is 10.3 Å². The van der Waals surface area contributed by atoms with E-state index in [1.54, 1.807) is 0 Å². The van der Waals surface area contributed by atoms with Crippen molar-refractivity contribution in [1.82, 2.24) is 5.32 Å². The molecule has 3 nitrogen and oxygen atoms in total. The SMILES string of the molecule is CCCCCCCCCCCCCCCCCC(=O)NC(C)c1ccccc1C(N)(CC)CC.Cl. The number of nitrogens with two attached hydrogens (primary N) is 1. The maximum atomic E-state index is 12.5. The van der Waals surface area contributed by atoms with Crippen LogP contribution in [0.2, 0.25) is 0 Å². The molecule has 1 aromatic carbocycles. The zero-order valence-corrected chi connectivity index (χ0v) is 24.3. The fourth-order valence-corrected chi connectivity index (χ4v) is 5.01. The Morgan fingerprint density at radius 1 is 0.771 bits per heavy atom. The molecule has 35 heavy (non-hydrogen) atoms. The van der Waals surface area contributed by atoms with Gasteiger partial charge >= 0.3 is 0 Å². The summed E-state index contributed by atoms with van der Waals surface area (Å²) in [6.45, 7) is 8.64. The van der Waals surface area contributed by atoms with Gasteiger partial charge in [0, 0.05) is 12.0 Å². The molecule has 1 atom stereocenters. The van der Waals surface area contributed by atoms with E-state index < -0.39 is 0 Å². The number of halogens is 1. The molecule has 1 aromatic rings. The van der Waals surface area contributed by atoms with Crippen molar-refractivity contribution in [2.24, 2.45) is 5.73 Å². The van der Waals surface area contributed by atoms with Crippen LogP contribution in [0.5, 0.6) is 0 Å². The van der Waals surface area contributed by atoms with Gasteiger partial charge in [-0.1, -0.05) is 135 Å². The Morgan fingerprint density at radius 2 is 1.20 bits per heavy atom. The molecule has 0 aromatic heterocycles. The molecular weight excluding hydrogens is 452 g/mol. The molecule has 204 valence electrons. The second kappa shape index (κ2) is 21.1. The summed E-state index contributed by atoms with van der Waals surface area (Å²) in [6, 6.07) is 8.32. The maximum Gasteiger partial charge on any atom is 0.220 e. The van der Waals surface area contributed by atoms with Crippen LogP contribution in [-0.4, -0.2) is 5.91 Å². The third-order valence-electron chi connectivity index (χ3n) is 7.61. The van der Waals surface area contributed by atoms with Gasteiger partial charge in [-0.05, 0) is 37.3 Å². The average molecular weight is 509 g/mol. The first-order chi connectivity index (χ1) is 16.5. The highest BCUT2D eigenvalue weighted by Gasteiger charge is 2.27. The van der Waals surface area contributed by atoms with Crippen molar-refractivity contribution in [2.75, 3.05) is 0 Å². The Morgan fingerprint density at radius 3 is 1.66 bits per heavy atom. The molecule has 0 aliphatic heterocycles. The van der Waals surface area contributed by atoms with E-state index in [1.807, 2.05) is 6.07 Å². The molecular formula is C31H57ClN2O. The van der Waals surface area contributed by atoms with Crippen molar-refractivity contribution >= 4 is 18.3 Å². The van der Waals surface area contributed by atoms with Crippen molar-refractivity contribution in [3.05, 3.63) is 35.4 Å². The van der Waals surface area contributed by atoms with E-state index in [1.165, 1.54) is 89.0 Å². The Kier molecular flexibility index (Phi) is 20.4. The first-order valence-electron chi connectivity index (χ1n) is 14.7. The van der Waals surface area contributed by atoms with Crippen molar-refractivity contribution in [3.8, 4) is 0 Å². The van der Waals surface area contributed by atoms with Crippen molar-refractivity contribution in [3.63, 3.8) is 0 Å². The van der Waals surface area contributed by atoms with Crippen molar-refractivity contribution in [2.45, 2.75) is 155 Å². The van der Waals surface area contributed by atoms with Gasteiger partial charge in [0.1, 0.15) is 0 Å². The van der Waals surface area contributed by atoms with Crippen LogP contribution in [0.3, 0.4) is 0 Å². The Labute approximate surface area is 224 Å². The molecule has 1 unspecified atom stereocenters. The van der Waals surface area contributed by atoms with Gasteiger partial charge in [0.15, 0.2) is 0 Å². The number of rotatable bonds is 21. The van der Waals surface area contributed by atoms with E-state index in [-0.39, 0.29) is 29.9 Å². The standard InChI is InChI=1S/C31H56N2O.ClH/c1-5-8-9-10-11-12-13-14-15-16-17-18-19-20-21-26-30(34)33-27(4)28-24-22-23-25-29(28)31(32,6-2)7-3;/h22-25,27H,5-21,26,32H2,1-4H3,(H,33,34);1H. The van der Waals surface area contributed by atoms with Gasteiger partial charge in [-0.15, -0.1) is 12.4 Å². The molecule has 0 bridgehead atoms. The fourth-order valence-electron chi connectivity index (χ4n) is 5.01. The van der Waals surface area contributed by atoms with Crippen LogP contribution in [0.15, 0.2) is 24.3 Å². The summed E-state index contributed by atoms with van der Waals surface area (Å²) in [5, 5.41) is 3.21. The molecule has 0 aliphatic rings. The van der Waals surface area contributed by atoms with Crippen LogP contribution < -0.4 is 11.1 Å². The Hall–Kier alpha value is -1.06. The van der Waals surface area contributed by atoms with E-state index in [4.69, 9.17) is 5.73 Å². The largest absolute Gasteiger partial charge is 0.350 e. The molecule has 0 fully saturated rings. The van der Waals surface area contributed by atoms with E-state index in [2.05, 4.69) is 51.2 Å². The van der Waals surface area contributed by atoms with E-state index >= 15 is 0 Å². The predicted octanol–water partition coefficient (Wildman–Crippen LogP) is 9.52. The zero-order chi connectivity index (χ0) is 25.1. The summed E-state index contributed by atoms with van der Waals surface area (Å²) >= 11 is 0. The summed E-state index contributed by atoms with van der Waals surface area (Å²) < 4.78 is 0. The van der Waals surface area contributed by atoms with E-state index in [0.29, 0.717) is 6.42 Å². The van der Waals surface area contributed by atoms with Crippen LogP contribution in [0.4, 0.5) is 0 Å². The summed E-state index contributed by atoms with van der Waals surface area (Å²) in [4.78, 5) is 12.5. The molecule has 1 amide bonds. The lowest BCUT2D eigenvalue weighted by atomic mass is 9.81. The summed E-state index contributed by atoms with van der Waals surface area (Å²) in [7, 11) is 0. The molecule has 1 rings (SSSR count). The van der Waals surface area contributed by atoms with Gasteiger partial charge in [-0.3, -0.25) is 4.79 Å². The third-order valence-corrected chi connectivity index (χ3v) is 7.61. The quantitative estimate of drug-likeness (QED) is 0.162. The predicted molar refractivity (Wildman–Crippen MR) is 156 cm³/mol. The molecule has 3 N–H and O–H groups in total. The second-order valence-electron chi connectivity index (χ2n) is 10.4. The average Bonchev–Trinajstić information content (AvgIpc) is 2.85. The van der Waals surface area contributed by atoms with Crippen LogP contribution in [0.1, 0.15) is 160 Å². The molecule has 0 spiro atoms.